The number of rotatable bonds is 3. The number of aliphatic hydroxyl groups excluding tert-OH is 1. The third-order valence-electron chi connectivity index (χ3n) is 2.68. The van der Waals surface area contributed by atoms with Gasteiger partial charge >= 0.3 is 0 Å². The third kappa shape index (κ3) is 2.73. The van der Waals surface area contributed by atoms with Crippen molar-refractivity contribution < 1.29 is 5.11 Å². The quantitative estimate of drug-likeness (QED) is 0.649. The maximum atomic E-state index is 8.72. The van der Waals surface area contributed by atoms with Crippen molar-refractivity contribution >= 4 is 0 Å². The van der Waals surface area contributed by atoms with Gasteiger partial charge in [-0.05, 0) is 26.9 Å². The Hall–Kier alpha value is -0.120. The zero-order valence-electron chi connectivity index (χ0n) is 8.16. The van der Waals surface area contributed by atoms with Gasteiger partial charge in [0.1, 0.15) is 0 Å². The lowest BCUT2D eigenvalue weighted by molar-refractivity contribution is 0.103. The maximum absolute atomic E-state index is 8.72. The van der Waals surface area contributed by atoms with E-state index in [9.17, 15) is 0 Å². The molecule has 1 unspecified atom stereocenters. The molecule has 0 saturated carbocycles. The van der Waals surface area contributed by atoms with Crippen molar-refractivity contribution in [2.24, 2.45) is 0 Å². The molecule has 0 bridgehead atoms. The second kappa shape index (κ2) is 4.80. The van der Waals surface area contributed by atoms with Gasteiger partial charge in [-0.15, -0.1) is 0 Å². The van der Waals surface area contributed by atoms with Crippen LogP contribution in [0.3, 0.4) is 0 Å². The number of likely N-dealkylation sites (N-methyl/N-ethyl adjacent to an activating group) is 2. The lowest BCUT2D eigenvalue weighted by Crippen LogP contribution is -2.49. The summed E-state index contributed by atoms with van der Waals surface area (Å²) in [5, 5.41) is 8.72. The SMILES string of the molecule is CN1CCN(C)C(CCCO)C1. The minimum atomic E-state index is 0.327. The van der Waals surface area contributed by atoms with Crippen LogP contribution < -0.4 is 0 Å². The molecule has 1 heterocycles. The molecule has 12 heavy (non-hydrogen) atoms. The van der Waals surface area contributed by atoms with Gasteiger partial charge in [-0.3, -0.25) is 0 Å². The van der Waals surface area contributed by atoms with Crippen molar-refractivity contribution in [1.82, 2.24) is 9.80 Å². The van der Waals surface area contributed by atoms with E-state index in [0.29, 0.717) is 12.6 Å². The van der Waals surface area contributed by atoms with E-state index in [4.69, 9.17) is 5.11 Å². The molecule has 72 valence electrons. The number of aliphatic hydroxyl groups is 1. The van der Waals surface area contributed by atoms with Crippen molar-refractivity contribution in [3.05, 3.63) is 0 Å². The van der Waals surface area contributed by atoms with E-state index in [1.807, 2.05) is 0 Å². The highest BCUT2D eigenvalue weighted by Crippen LogP contribution is 2.10. The van der Waals surface area contributed by atoms with E-state index >= 15 is 0 Å². The van der Waals surface area contributed by atoms with Crippen molar-refractivity contribution in [2.75, 3.05) is 40.3 Å². The topological polar surface area (TPSA) is 26.7 Å². The standard InChI is InChI=1S/C9H20N2O/c1-10-5-6-11(2)9(8-10)4-3-7-12/h9,12H,3-8H2,1-2H3. The van der Waals surface area contributed by atoms with Gasteiger partial charge < -0.3 is 14.9 Å². The molecular formula is C9H20N2O. The summed E-state index contributed by atoms with van der Waals surface area (Å²) in [5.41, 5.74) is 0. The molecule has 0 radical (unpaired) electrons. The summed E-state index contributed by atoms with van der Waals surface area (Å²) < 4.78 is 0. The van der Waals surface area contributed by atoms with Gasteiger partial charge in [0.2, 0.25) is 0 Å². The molecule has 1 fully saturated rings. The van der Waals surface area contributed by atoms with Crippen LogP contribution in [-0.4, -0.2) is 61.3 Å². The average Bonchev–Trinajstić information content (AvgIpc) is 2.07. The summed E-state index contributed by atoms with van der Waals surface area (Å²) >= 11 is 0. The predicted molar refractivity (Wildman–Crippen MR) is 50.2 cm³/mol. The summed E-state index contributed by atoms with van der Waals surface area (Å²) in [7, 11) is 4.34. The fourth-order valence-corrected chi connectivity index (χ4v) is 1.74. The highest BCUT2D eigenvalue weighted by Gasteiger charge is 2.20. The lowest BCUT2D eigenvalue weighted by atomic mass is 10.1. The average molecular weight is 172 g/mol. The van der Waals surface area contributed by atoms with Crippen LogP contribution in [0.1, 0.15) is 12.8 Å². The number of hydrogen-bond acceptors (Lipinski definition) is 3. The largest absolute Gasteiger partial charge is 0.396 e. The molecule has 1 rings (SSSR count). The van der Waals surface area contributed by atoms with Gasteiger partial charge in [0.05, 0.1) is 0 Å². The summed E-state index contributed by atoms with van der Waals surface area (Å²) in [5.74, 6) is 0. The van der Waals surface area contributed by atoms with Crippen molar-refractivity contribution in [2.45, 2.75) is 18.9 Å². The van der Waals surface area contributed by atoms with Crippen LogP contribution in [0.15, 0.2) is 0 Å². The van der Waals surface area contributed by atoms with Gasteiger partial charge in [0.15, 0.2) is 0 Å². The van der Waals surface area contributed by atoms with Gasteiger partial charge in [0.25, 0.3) is 0 Å². The second-order valence-corrected chi connectivity index (χ2v) is 3.76. The minimum Gasteiger partial charge on any atom is -0.396 e. The number of nitrogens with zero attached hydrogens (tertiary/aromatic N) is 2. The van der Waals surface area contributed by atoms with Crippen LogP contribution in [0.4, 0.5) is 0 Å². The van der Waals surface area contributed by atoms with Crippen molar-refractivity contribution in [3.8, 4) is 0 Å². The second-order valence-electron chi connectivity index (χ2n) is 3.76. The van der Waals surface area contributed by atoms with Crippen LogP contribution in [0.25, 0.3) is 0 Å². The van der Waals surface area contributed by atoms with E-state index in [0.717, 1.165) is 25.9 Å². The molecule has 1 aliphatic heterocycles. The van der Waals surface area contributed by atoms with E-state index in [1.54, 1.807) is 0 Å². The molecule has 0 aromatic heterocycles. The minimum absolute atomic E-state index is 0.327. The molecule has 3 nitrogen and oxygen atoms in total. The Morgan fingerprint density at radius 1 is 1.33 bits per heavy atom. The van der Waals surface area contributed by atoms with Gasteiger partial charge in [-0.2, -0.15) is 0 Å². The normalized spacial score (nSPS) is 27.8. The molecular weight excluding hydrogens is 152 g/mol. The highest BCUT2D eigenvalue weighted by atomic mass is 16.2. The molecule has 0 amide bonds. The van der Waals surface area contributed by atoms with Crippen molar-refractivity contribution in [3.63, 3.8) is 0 Å². The Balaban J connectivity index is 2.28. The Morgan fingerprint density at radius 3 is 2.75 bits per heavy atom. The first-order valence-corrected chi connectivity index (χ1v) is 4.73. The van der Waals surface area contributed by atoms with Crippen molar-refractivity contribution in [1.29, 1.82) is 0 Å². The fourth-order valence-electron chi connectivity index (χ4n) is 1.74. The maximum Gasteiger partial charge on any atom is 0.0431 e. The van der Waals surface area contributed by atoms with Crippen LogP contribution in [0.2, 0.25) is 0 Å². The third-order valence-corrected chi connectivity index (χ3v) is 2.68. The zero-order chi connectivity index (χ0) is 8.97. The van der Waals surface area contributed by atoms with Crippen LogP contribution >= 0.6 is 0 Å². The van der Waals surface area contributed by atoms with E-state index in [2.05, 4.69) is 23.9 Å². The molecule has 3 heteroatoms. The van der Waals surface area contributed by atoms with E-state index in [1.165, 1.54) is 6.54 Å². The van der Waals surface area contributed by atoms with E-state index < -0.39 is 0 Å². The number of hydrogen-bond donors (Lipinski definition) is 1. The molecule has 1 atom stereocenters. The van der Waals surface area contributed by atoms with Crippen LogP contribution in [0.5, 0.6) is 0 Å². The highest BCUT2D eigenvalue weighted by molar-refractivity contribution is 4.77. The molecule has 0 aliphatic carbocycles. The van der Waals surface area contributed by atoms with Gasteiger partial charge in [0, 0.05) is 32.3 Å². The van der Waals surface area contributed by atoms with E-state index in [-0.39, 0.29) is 0 Å². The summed E-state index contributed by atoms with van der Waals surface area (Å²) in [6.45, 7) is 3.81. The molecule has 1 N–H and O–H groups in total. The van der Waals surface area contributed by atoms with Crippen LogP contribution in [-0.2, 0) is 0 Å². The smallest absolute Gasteiger partial charge is 0.0431 e. The Kier molecular flexibility index (Phi) is 3.98. The molecule has 1 saturated heterocycles. The molecule has 0 spiro atoms. The van der Waals surface area contributed by atoms with Gasteiger partial charge in [-0.25, -0.2) is 0 Å². The predicted octanol–water partition coefficient (Wildman–Crippen LogP) is 0.00470. The lowest BCUT2D eigenvalue weighted by Gasteiger charge is -2.37. The molecule has 0 aromatic rings. The molecule has 1 aliphatic rings. The monoisotopic (exact) mass is 172 g/mol. The van der Waals surface area contributed by atoms with Gasteiger partial charge in [-0.1, -0.05) is 0 Å². The zero-order valence-corrected chi connectivity index (χ0v) is 8.16. The summed E-state index contributed by atoms with van der Waals surface area (Å²) in [6, 6.07) is 0.649. The molecule has 0 aromatic carbocycles. The first-order valence-electron chi connectivity index (χ1n) is 4.73. The Morgan fingerprint density at radius 2 is 2.08 bits per heavy atom. The van der Waals surface area contributed by atoms with Crippen LogP contribution in [0, 0.1) is 0 Å². The fraction of sp³-hybridized carbons (Fsp3) is 1.00. The Labute approximate surface area is 75.0 Å². The Bertz CT molecular complexity index is 130. The number of piperazine rings is 1. The summed E-state index contributed by atoms with van der Waals surface area (Å²) in [4.78, 5) is 4.76. The first-order chi connectivity index (χ1) is 5.74. The first kappa shape index (κ1) is 9.96. The summed E-state index contributed by atoms with van der Waals surface area (Å²) in [6.07, 6.45) is 2.06.